The van der Waals surface area contributed by atoms with Gasteiger partial charge in [0.25, 0.3) is 0 Å². The number of hydrogen-bond acceptors (Lipinski definition) is 4. The zero-order valence-electron chi connectivity index (χ0n) is 7.64. The summed E-state index contributed by atoms with van der Waals surface area (Å²) in [6.45, 7) is 0.0282. The minimum absolute atomic E-state index is 0.116. The Morgan fingerprint density at radius 1 is 0.867 bits per heavy atom. The van der Waals surface area contributed by atoms with Crippen molar-refractivity contribution in [1.29, 1.82) is 0 Å². The third kappa shape index (κ3) is 2.95. The summed E-state index contributed by atoms with van der Waals surface area (Å²) in [7, 11) is -7.10. The van der Waals surface area contributed by atoms with Crippen molar-refractivity contribution in [3.05, 3.63) is 0 Å². The van der Waals surface area contributed by atoms with E-state index in [1.807, 2.05) is 0 Å². The molecule has 0 aromatic carbocycles. The van der Waals surface area contributed by atoms with Crippen LogP contribution in [0.1, 0.15) is 0 Å². The SMILES string of the molecule is O=S(=O)(CCl)N1CCN(S(=O)(=O)CCl)C1. The third-order valence-electron chi connectivity index (χ3n) is 1.98. The Balaban J connectivity index is 2.78. The van der Waals surface area contributed by atoms with Crippen LogP contribution in [0, 0.1) is 0 Å². The van der Waals surface area contributed by atoms with E-state index in [-0.39, 0.29) is 19.8 Å². The number of hydrogen-bond donors (Lipinski definition) is 0. The van der Waals surface area contributed by atoms with E-state index < -0.39 is 30.5 Å². The fourth-order valence-electron chi connectivity index (χ4n) is 1.13. The summed E-state index contributed by atoms with van der Waals surface area (Å²) in [6.07, 6.45) is 0. The highest BCUT2D eigenvalue weighted by molar-refractivity contribution is 7.91. The van der Waals surface area contributed by atoms with Crippen LogP contribution in [-0.2, 0) is 20.0 Å². The minimum Gasteiger partial charge on any atom is -0.211 e. The Labute approximate surface area is 98.8 Å². The van der Waals surface area contributed by atoms with E-state index in [1.165, 1.54) is 0 Å². The van der Waals surface area contributed by atoms with Gasteiger partial charge in [-0.3, -0.25) is 0 Å². The second-order valence-corrected chi connectivity index (χ2v) is 8.04. The highest BCUT2D eigenvalue weighted by Crippen LogP contribution is 2.16. The van der Waals surface area contributed by atoms with Crippen molar-refractivity contribution in [2.45, 2.75) is 0 Å². The van der Waals surface area contributed by atoms with Gasteiger partial charge in [-0.15, -0.1) is 23.2 Å². The predicted molar refractivity (Wildman–Crippen MR) is 57.6 cm³/mol. The van der Waals surface area contributed by atoms with Crippen LogP contribution in [0.4, 0.5) is 0 Å². The minimum atomic E-state index is -3.55. The van der Waals surface area contributed by atoms with Crippen LogP contribution < -0.4 is 0 Å². The lowest BCUT2D eigenvalue weighted by atomic mass is 10.7. The molecule has 0 N–H and O–H groups in total. The first-order valence-electron chi connectivity index (χ1n) is 3.91. The van der Waals surface area contributed by atoms with Gasteiger partial charge in [0.2, 0.25) is 20.0 Å². The molecule has 0 unspecified atom stereocenters. The normalized spacial score (nSPS) is 20.9. The molecule has 0 spiro atoms. The number of alkyl halides is 2. The Morgan fingerprint density at radius 3 is 1.47 bits per heavy atom. The first-order chi connectivity index (χ1) is 6.83. The summed E-state index contributed by atoms with van der Waals surface area (Å²) in [5.41, 5.74) is 0. The Kier molecular flexibility index (Phi) is 4.24. The van der Waals surface area contributed by atoms with Crippen LogP contribution in [0.5, 0.6) is 0 Å². The van der Waals surface area contributed by atoms with Crippen LogP contribution in [-0.4, -0.2) is 55.6 Å². The van der Waals surface area contributed by atoms with Gasteiger partial charge in [0.1, 0.15) is 10.4 Å². The van der Waals surface area contributed by atoms with Gasteiger partial charge in [0.05, 0.1) is 6.67 Å². The molecule has 0 radical (unpaired) electrons. The van der Waals surface area contributed by atoms with Crippen LogP contribution in [0.3, 0.4) is 0 Å². The number of halogens is 2. The van der Waals surface area contributed by atoms with Gasteiger partial charge < -0.3 is 0 Å². The molecule has 0 saturated carbocycles. The summed E-state index contributed by atoms with van der Waals surface area (Å²) in [5.74, 6) is 0. The molecule has 1 aliphatic rings. The summed E-state index contributed by atoms with van der Waals surface area (Å²) in [6, 6.07) is 0. The third-order valence-corrected chi connectivity index (χ3v) is 6.35. The average Bonchev–Trinajstić information content (AvgIpc) is 2.67. The van der Waals surface area contributed by atoms with E-state index >= 15 is 0 Å². The van der Waals surface area contributed by atoms with E-state index in [0.29, 0.717) is 0 Å². The van der Waals surface area contributed by atoms with Crippen molar-refractivity contribution in [2.75, 3.05) is 30.2 Å². The maximum atomic E-state index is 11.3. The molecule has 0 atom stereocenters. The quantitative estimate of drug-likeness (QED) is 0.663. The first-order valence-corrected chi connectivity index (χ1v) is 8.20. The van der Waals surface area contributed by atoms with Crippen molar-refractivity contribution < 1.29 is 16.8 Å². The molecule has 1 heterocycles. The lowest BCUT2D eigenvalue weighted by Crippen LogP contribution is -2.34. The van der Waals surface area contributed by atoms with E-state index in [9.17, 15) is 16.8 Å². The summed E-state index contributed by atoms with van der Waals surface area (Å²) in [4.78, 5) is 0. The number of rotatable bonds is 4. The Hall–Kier alpha value is 0.400. The molecule has 0 bridgehead atoms. The maximum Gasteiger partial charge on any atom is 0.229 e. The van der Waals surface area contributed by atoms with Crippen LogP contribution in [0.15, 0.2) is 0 Å². The lowest BCUT2D eigenvalue weighted by Gasteiger charge is -2.15. The lowest BCUT2D eigenvalue weighted by molar-refractivity contribution is 0.417. The van der Waals surface area contributed by atoms with E-state index in [2.05, 4.69) is 0 Å². The second-order valence-electron chi connectivity index (χ2n) is 2.93. The van der Waals surface area contributed by atoms with Gasteiger partial charge in [-0.25, -0.2) is 16.8 Å². The fraction of sp³-hybridized carbons (Fsp3) is 1.00. The second kappa shape index (κ2) is 4.72. The average molecular weight is 297 g/mol. The molecule has 0 amide bonds. The van der Waals surface area contributed by atoms with Crippen LogP contribution >= 0.6 is 23.2 Å². The highest BCUT2D eigenvalue weighted by atomic mass is 35.5. The number of sulfonamides is 2. The van der Waals surface area contributed by atoms with Crippen molar-refractivity contribution >= 4 is 43.2 Å². The molecular formula is C5H10Cl2N2O4S2. The molecule has 1 aliphatic heterocycles. The topological polar surface area (TPSA) is 74.8 Å². The van der Waals surface area contributed by atoms with Crippen molar-refractivity contribution in [3.63, 3.8) is 0 Å². The molecular weight excluding hydrogens is 287 g/mol. The number of nitrogens with zero attached hydrogens (tertiary/aromatic N) is 2. The molecule has 6 nitrogen and oxygen atoms in total. The molecule has 1 saturated heterocycles. The van der Waals surface area contributed by atoms with Crippen molar-refractivity contribution in [3.8, 4) is 0 Å². The van der Waals surface area contributed by atoms with Gasteiger partial charge >= 0.3 is 0 Å². The van der Waals surface area contributed by atoms with E-state index in [0.717, 1.165) is 8.61 Å². The zero-order chi connectivity index (χ0) is 11.7. The van der Waals surface area contributed by atoms with Crippen LogP contribution in [0.25, 0.3) is 0 Å². The van der Waals surface area contributed by atoms with Gasteiger partial charge in [0, 0.05) is 13.1 Å². The standard InChI is InChI=1S/C5H10Cl2N2O4S2/c6-3-14(10,11)8-1-2-9(5-8)15(12,13)4-7/h1-5H2. The molecule has 0 aromatic rings. The van der Waals surface area contributed by atoms with Gasteiger partial charge in [-0.2, -0.15) is 8.61 Å². The van der Waals surface area contributed by atoms with Gasteiger partial charge in [-0.05, 0) is 0 Å². The molecule has 1 rings (SSSR count). The van der Waals surface area contributed by atoms with Gasteiger partial charge in [-0.1, -0.05) is 0 Å². The zero-order valence-corrected chi connectivity index (χ0v) is 10.8. The predicted octanol–water partition coefficient (Wildman–Crippen LogP) is -0.386. The van der Waals surface area contributed by atoms with Crippen molar-refractivity contribution in [1.82, 2.24) is 8.61 Å². The maximum absolute atomic E-state index is 11.3. The summed E-state index contributed by atoms with van der Waals surface area (Å²) < 4.78 is 47.2. The molecule has 1 fully saturated rings. The van der Waals surface area contributed by atoms with Crippen molar-refractivity contribution in [2.24, 2.45) is 0 Å². The first kappa shape index (κ1) is 13.5. The molecule has 0 aromatic heterocycles. The highest BCUT2D eigenvalue weighted by Gasteiger charge is 2.34. The van der Waals surface area contributed by atoms with Crippen LogP contribution in [0.2, 0.25) is 0 Å². The van der Waals surface area contributed by atoms with E-state index in [1.54, 1.807) is 0 Å². The molecule has 15 heavy (non-hydrogen) atoms. The summed E-state index contributed by atoms with van der Waals surface area (Å²) >= 11 is 10.5. The molecule has 10 heteroatoms. The smallest absolute Gasteiger partial charge is 0.211 e. The van der Waals surface area contributed by atoms with Gasteiger partial charge in [0.15, 0.2) is 0 Å². The Morgan fingerprint density at radius 2 is 1.20 bits per heavy atom. The van der Waals surface area contributed by atoms with E-state index in [4.69, 9.17) is 23.2 Å². The monoisotopic (exact) mass is 296 g/mol. The molecule has 90 valence electrons. The summed E-state index contributed by atoms with van der Waals surface area (Å²) in [5, 5.41) is -1.11. The largest absolute Gasteiger partial charge is 0.229 e. The molecule has 0 aliphatic carbocycles. The fourth-order valence-corrected chi connectivity index (χ4v) is 3.66. The Bertz CT molecular complexity index is 380.